The smallest absolute Gasteiger partial charge is 0.416 e. The highest BCUT2D eigenvalue weighted by molar-refractivity contribution is 7.07. The maximum atomic E-state index is 12.9. The molecule has 0 saturated heterocycles. The number of aromatic hydroxyl groups is 1. The minimum atomic E-state index is -4.56. The van der Waals surface area contributed by atoms with Crippen molar-refractivity contribution in [3.63, 3.8) is 0 Å². The van der Waals surface area contributed by atoms with Gasteiger partial charge in [-0.25, -0.2) is 9.78 Å². The fourth-order valence-corrected chi connectivity index (χ4v) is 2.98. The Kier molecular flexibility index (Phi) is 3.59. The molecule has 1 aromatic carbocycles. The largest absolute Gasteiger partial charge is 0.493 e. The molecule has 3 aromatic rings. The maximum absolute atomic E-state index is 12.9. The van der Waals surface area contributed by atoms with Crippen molar-refractivity contribution in [1.29, 1.82) is 0 Å². The summed E-state index contributed by atoms with van der Waals surface area (Å²) < 4.78 is 39.9. The number of hydrogen-bond donors (Lipinski definition) is 1. The first-order chi connectivity index (χ1) is 10.8. The van der Waals surface area contributed by atoms with Gasteiger partial charge in [0.1, 0.15) is 0 Å². The Bertz CT molecular complexity index is 919. The summed E-state index contributed by atoms with van der Waals surface area (Å²) in [5.41, 5.74) is 0.304. The summed E-state index contributed by atoms with van der Waals surface area (Å²) in [5.74, 6) is -0.597. The number of aromatic nitrogens is 3. The van der Waals surface area contributed by atoms with Gasteiger partial charge in [0.25, 0.3) is 0 Å². The van der Waals surface area contributed by atoms with E-state index in [4.69, 9.17) is 0 Å². The molecule has 0 unspecified atom stereocenters. The van der Waals surface area contributed by atoms with Crippen molar-refractivity contribution in [3.05, 3.63) is 50.8 Å². The third kappa shape index (κ3) is 2.67. The highest BCUT2D eigenvalue weighted by Gasteiger charge is 2.31. The van der Waals surface area contributed by atoms with E-state index >= 15 is 0 Å². The number of thiazole rings is 1. The molecule has 120 valence electrons. The van der Waals surface area contributed by atoms with Gasteiger partial charge in [-0.2, -0.15) is 18.2 Å². The molecular formula is C14H10F3N3O2S. The summed E-state index contributed by atoms with van der Waals surface area (Å²) >= 11 is 1.31. The summed E-state index contributed by atoms with van der Waals surface area (Å²) in [4.78, 5) is 19.7. The molecule has 5 nitrogen and oxygen atoms in total. The highest BCUT2D eigenvalue weighted by atomic mass is 32.1. The number of fused-ring (bicyclic) bond motifs is 1. The molecule has 3 rings (SSSR count). The predicted molar refractivity (Wildman–Crippen MR) is 78.6 cm³/mol. The number of benzene rings is 1. The lowest BCUT2D eigenvalue weighted by molar-refractivity contribution is -0.137. The summed E-state index contributed by atoms with van der Waals surface area (Å²) in [6, 6.07) is 2.16. The van der Waals surface area contributed by atoms with Crippen LogP contribution in [0.4, 0.5) is 13.2 Å². The van der Waals surface area contributed by atoms with Crippen LogP contribution in [0.15, 0.2) is 33.9 Å². The molecule has 2 aromatic heterocycles. The first-order valence-corrected chi connectivity index (χ1v) is 7.44. The van der Waals surface area contributed by atoms with Crippen molar-refractivity contribution >= 4 is 22.2 Å². The minimum absolute atomic E-state index is 0.0437. The lowest BCUT2D eigenvalue weighted by Crippen LogP contribution is -2.27. The highest BCUT2D eigenvalue weighted by Crippen LogP contribution is 2.33. The molecule has 0 spiro atoms. The van der Waals surface area contributed by atoms with Crippen LogP contribution < -0.4 is 5.69 Å². The molecule has 9 heteroatoms. The van der Waals surface area contributed by atoms with Crippen molar-refractivity contribution in [2.45, 2.75) is 19.1 Å². The summed E-state index contributed by atoms with van der Waals surface area (Å²) in [5, 5.41) is 11.5. The molecule has 0 bridgehead atoms. The first-order valence-electron chi connectivity index (χ1n) is 6.49. The number of nitrogens with zero attached hydrogens (tertiary/aromatic N) is 3. The standard InChI is InChI=1S/C14H10F3N3O2S/c1-7(10-5-23-6-18-10)20-11-4-8(14(15,16)17)2-3-9(11)12(21)19-13(20)22/h2-7H,1H3,(H,19,21,22)/t7-/m1/s1. The number of halogens is 3. The zero-order valence-electron chi connectivity index (χ0n) is 11.7. The van der Waals surface area contributed by atoms with Crippen LogP contribution >= 0.6 is 11.3 Å². The second-order valence-electron chi connectivity index (χ2n) is 4.91. The van der Waals surface area contributed by atoms with Crippen LogP contribution in [0.2, 0.25) is 0 Å². The van der Waals surface area contributed by atoms with Gasteiger partial charge in [0.2, 0.25) is 5.88 Å². The molecule has 0 radical (unpaired) electrons. The third-order valence-electron chi connectivity index (χ3n) is 3.50. The van der Waals surface area contributed by atoms with Gasteiger partial charge in [-0.05, 0) is 25.1 Å². The van der Waals surface area contributed by atoms with Gasteiger partial charge in [-0.15, -0.1) is 11.3 Å². The molecule has 23 heavy (non-hydrogen) atoms. The van der Waals surface area contributed by atoms with Crippen molar-refractivity contribution in [2.75, 3.05) is 0 Å². The Balaban J connectivity index is 2.33. The first kappa shape index (κ1) is 15.5. The van der Waals surface area contributed by atoms with Gasteiger partial charge in [-0.3, -0.25) is 4.57 Å². The van der Waals surface area contributed by atoms with E-state index in [2.05, 4.69) is 9.97 Å². The maximum Gasteiger partial charge on any atom is 0.416 e. The van der Waals surface area contributed by atoms with Gasteiger partial charge in [0.15, 0.2) is 0 Å². The lowest BCUT2D eigenvalue weighted by Gasteiger charge is -2.17. The Morgan fingerprint density at radius 2 is 2.09 bits per heavy atom. The number of rotatable bonds is 2. The topological polar surface area (TPSA) is 68.0 Å². The Morgan fingerprint density at radius 1 is 1.35 bits per heavy atom. The summed E-state index contributed by atoms with van der Waals surface area (Å²) in [6.07, 6.45) is -4.56. The summed E-state index contributed by atoms with van der Waals surface area (Å²) in [6.45, 7) is 1.63. The monoisotopic (exact) mass is 341 g/mol. The van der Waals surface area contributed by atoms with Crippen LogP contribution in [0.5, 0.6) is 5.88 Å². The van der Waals surface area contributed by atoms with Crippen molar-refractivity contribution in [1.82, 2.24) is 14.5 Å². The van der Waals surface area contributed by atoms with Crippen molar-refractivity contribution in [2.24, 2.45) is 0 Å². The van der Waals surface area contributed by atoms with E-state index in [0.717, 1.165) is 22.8 Å². The Hall–Kier alpha value is -2.42. The van der Waals surface area contributed by atoms with E-state index in [9.17, 15) is 23.1 Å². The normalized spacial score (nSPS) is 13.4. The molecule has 0 saturated carbocycles. The summed E-state index contributed by atoms with van der Waals surface area (Å²) in [7, 11) is 0. The predicted octanol–water partition coefficient (Wildman–Crippen LogP) is 3.19. The Morgan fingerprint density at radius 3 is 2.70 bits per heavy atom. The second kappa shape index (κ2) is 5.34. The fourth-order valence-electron chi connectivity index (χ4n) is 2.34. The fraction of sp³-hybridized carbons (Fsp3) is 0.214. The molecule has 2 heterocycles. The van der Waals surface area contributed by atoms with Crippen molar-refractivity contribution in [3.8, 4) is 5.88 Å². The molecular weight excluding hydrogens is 331 g/mol. The Labute approximate surface area is 131 Å². The van der Waals surface area contributed by atoms with Crippen LogP contribution in [0.25, 0.3) is 10.9 Å². The number of hydrogen-bond acceptors (Lipinski definition) is 5. The van der Waals surface area contributed by atoms with Gasteiger partial charge >= 0.3 is 11.9 Å². The van der Waals surface area contributed by atoms with E-state index in [1.165, 1.54) is 11.3 Å². The molecule has 1 atom stereocenters. The van der Waals surface area contributed by atoms with E-state index in [0.29, 0.717) is 5.69 Å². The van der Waals surface area contributed by atoms with E-state index < -0.39 is 29.4 Å². The molecule has 0 aliphatic heterocycles. The van der Waals surface area contributed by atoms with Crippen LogP contribution in [-0.2, 0) is 6.18 Å². The molecule has 1 N–H and O–H groups in total. The van der Waals surface area contributed by atoms with Crippen LogP contribution in [0.3, 0.4) is 0 Å². The van der Waals surface area contributed by atoms with Gasteiger partial charge < -0.3 is 5.11 Å². The van der Waals surface area contributed by atoms with Gasteiger partial charge in [-0.1, -0.05) is 0 Å². The van der Waals surface area contributed by atoms with Crippen LogP contribution in [0.1, 0.15) is 24.2 Å². The van der Waals surface area contributed by atoms with E-state index in [-0.39, 0.29) is 10.9 Å². The zero-order valence-corrected chi connectivity index (χ0v) is 12.5. The third-order valence-corrected chi connectivity index (χ3v) is 4.10. The van der Waals surface area contributed by atoms with Crippen LogP contribution in [-0.4, -0.2) is 19.6 Å². The average Bonchev–Trinajstić information content (AvgIpc) is 2.99. The van der Waals surface area contributed by atoms with Gasteiger partial charge in [0, 0.05) is 5.38 Å². The van der Waals surface area contributed by atoms with Gasteiger partial charge in [0.05, 0.1) is 33.7 Å². The molecule has 0 amide bonds. The molecule has 0 aliphatic rings. The average molecular weight is 341 g/mol. The quantitative estimate of drug-likeness (QED) is 0.777. The molecule has 0 fully saturated rings. The van der Waals surface area contributed by atoms with Crippen LogP contribution in [0, 0.1) is 0 Å². The second-order valence-corrected chi connectivity index (χ2v) is 5.63. The zero-order chi connectivity index (χ0) is 16.8. The minimum Gasteiger partial charge on any atom is -0.493 e. The number of alkyl halides is 3. The van der Waals surface area contributed by atoms with E-state index in [1.807, 2.05) is 0 Å². The van der Waals surface area contributed by atoms with Crippen molar-refractivity contribution < 1.29 is 18.3 Å². The molecule has 0 aliphatic carbocycles. The lowest BCUT2D eigenvalue weighted by atomic mass is 10.1. The van der Waals surface area contributed by atoms with E-state index in [1.54, 1.807) is 17.8 Å². The SMILES string of the molecule is C[C@H](c1cscn1)n1c(=O)nc(O)c2ccc(C(F)(F)F)cc21.